The Hall–Kier alpha value is -2.48. The van der Waals surface area contributed by atoms with Crippen molar-refractivity contribution in [1.82, 2.24) is 0 Å². The Bertz CT molecular complexity index is 943. The van der Waals surface area contributed by atoms with Crippen molar-refractivity contribution in [3.63, 3.8) is 0 Å². The first kappa shape index (κ1) is 27.6. The summed E-state index contributed by atoms with van der Waals surface area (Å²) in [5.41, 5.74) is 6.85. The summed E-state index contributed by atoms with van der Waals surface area (Å²) >= 11 is 0. The van der Waals surface area contributed by atoms with E-state index in [0.717, 1.165) is 22.8 Å². The van der Waals surface area contributed by atoms with Gasteiger partial charge in [0.25, 0.3) is 0 Å². The van der Waals surface area contributed by atoms with Crippen LogP contribution >= 0.6 is 7.81 Å². The van der Waals surface area contributed by atoms with Crippen molar-refractivity contribution in [1.29, 1.82) is 0 Å². The van der Waals surface area contributed by atoms with E-state index in [1.807, 2.05) is 30.8 Å². The van der Waals surface area contributed by atoms with E-state index in [-0.39, 0.29) is 0 Å². The predicted octanol–water partition coefficient (Wildman–Crippen LogP) is 6.92. The molecule has 1 aromatic rings. The fourth-order valence-electron chi connectivity index (χ4n) is 2.91. The van der Waals surface area contributed by atoms with Crippen molar-refractivity contribution in [2.45, 2.75) is 13.8 Å². The molecule has 0 aromatic heterocycles. The van der Waals surface area contributed by atoms with Crippen LogP contribution in [-0.2, 0) is 9.47 Å². The average Bonchev–Trinajstić information content (AvgIpc) is 2.61. The van der Waals surface area contributed by atoms with E-state index in [4.69, 9.17) is 9.47 Å². The fraction of sp³-hybridized carbons (Fsp3) is 0.381. The van der Waals surface area contributed by atoms with Crippen LogP contribution in [0.5, 0.6) is 0 Å². The molecular formula is C21H29F6N2O2P. The van der Waals surface area contributed by atoms with E-state index < -0.39 is 7.81 Å². The molecule has 0 saturated carbocycles. The van der Waals surface area contributed by atoms with E-state index in [0.29, 0.717) is 0 Å². The number of methoxy groups -OCH3 is 2. The third-order valence-corrected chi connectivity index (χ3v) is 4.43. The molecule has 2 rings (SSSR count). The SMILES string of the molecule is COC1=CC(=[N+](C)C)C=C(OC)C1=Cc1c(C)cc(N(C)C)cc1C.F[P-](F)(F)(F)(F)F. The molecule has 0 fully saturated rings. The number of benzene rings is 1. The molecule has 11 heteroatoms. The van der Waals surface area contributed by atoms with E-state index in [2.05, 4.69) is 51.1 Å². The number of halogens is 6. The molecule has 32 heavy (non-hydrogen) atoms. The summed E-state index contributed by atoms with van der Waals surface area (Å²) in [7, 11) is 0.862. The summed E-state index contributed by atoms with van der Waals surface area (Å²) in [5, 5.41) is 0. The zero-order chi connectivity index (χ0) is 25.1. The molecule has 0 heterocycles. The first-order valence-electron chi connectivity index (χ1n) is 9.36. The zero-order valence-corrected chi connectivity index (χ0v) is 20.2. The molecule has 4 nitrogen and oxygen atoms in total. The van der Waals surface area contributed by atoms with Gasteiger partial charge in [-0.2, -0.15) is 0 Å². The molecule has 0 spiro atoms. The summed E-state index contributed by atoms with van der Waals surface area (Å²) < 4.78 is 72.5. The van der Waals surface area contributed by atoms with Crippen molar-refractivity contribution in [2.24, 2.45) is 0 Å². The van der Waals surface area contributed by atoms with Crippen LogP contribution in [0.3, 0.4) is 0 Å². The monoisotopic (exact) mass is 486 g/mol. The summed E-state index contributed by atoms with van der Waals surface area (Å²) in [6.45, 7) is 4.28. The van der Waals surface area contributed by atoms with Crippen LogP contribution < -0.4 is 4.90 Å². The Labute approximate surface area is 184 Å². The van der Waals surface area contributed by atoms with Gasteiger partial charge in [-0.1, -0.05) is 0 Å². The molecule has 0 saturated heterocycles. The number of ether oxygens (including phenoxy) is 2. The van der Waals surface area contributed by atoms with Crippen LogP contribution in [-0.4, -0.2) is 52.7 Å². The molecule has 0 aliphatic heterocycles. The molecule has 0 bridgehead atoms. The van der Waals surface area contributed by atoms with Crippen LogP contribution in [0.15, 0.2) is 41.4 Å². The molecule has 182 valence electrons. The topological polar surface area (TPSA) is 24.7 Å². The van der Waals surface area contributed by atoms with Gasteiger partial charge in [-0.3, -0.25) is 0 Å². The van der Waals surface area contributed by atoms with E-state index >= 15 is 0 Å². The summed E-state index contributed by atoms with van der Waals surface area (Å²) in [5.74, 6) is 1.61. The van der Waals surface area contributed by atoms with E-state index in [1.165, 1.54) is 22.4 Å². The van der Waals surface area contributed by atoms with Crippen molar-refractivity contribution in [3.05, 3.63) is 58.1 Å². The Kier molecular flexibility index (Phi) is 7.58. The van der Waals surface area contributed by atoms with Crippen molar-refractivity contribution < 1.29 is 39.2 Å². The predicted molar refractivity (Wildman–Crippen MR) is 119 cm³/mol. The van der Waals surface area contributed by atoms with Crippen LogP contribution in [0.2, 0.25) is 0 Å². The second-order valence-electron chi connectivity index (χ2n) is 7.65. The van der Waals surface area contributed by atoms with Gasteiger partial charge in [-0.05, 0) is 48.7 Å². The van der Waals surface area contributed by atoms with Gasteiger partial charge < -0.3 is 14.4 Å². The zero-order valence-electron chi connectivity index (χ0n) is 19.3. The first-order valence-corrected chi connectivity index (χ1v) is 11.4. The second-order valence-corrected chi connectivity index (χ2v) is 9.57. The normalized spacial score (nSPS) is 15.9. The Morgan fingerprint density at radius 2 is 1.22 bits per heavy atom. The van der Waals surface area contributed by atoms with Crippen LogP contribution in [0, 0.1) is 13.8 Å². The third-order valence-electron chi connectivity index (χ3n) is 4.43. The number of anilines is 1. The van der Waals surface area contributed by atoms with Gasteiger partial charge in [0.15, 0.2) is 0 Å². The molecule has 0 atom stereocenters. The van der Waals surface area contributed by atoms with Crippen LogP contribution in [0.1, 0.15) is 16.7 Å². The third kappa shape index (κ3) is 9.34. The number of hydrogen-bond donors (Lipinski definition) is 0. The fourth-order valence-corrected chi connectivity index (χ4v) is 2.91. The van der Waals surface area contributed by atoms with Crippen LogP contribution in [0.25, 0.3) is 6.08 Å². The van der Waals surface area contributed by atoms with Gasteiger partial charge >= 0.3 is 33.0 Å². The van der Waals surface area contributed by atoms with Gasteiger partial charge in [0, 0.05) is 19.8 Å². The van der Waals surface area contributed by atoms with Crippen LogP contribution in [0.4, 0.5) is 30.9 Å². The molecule has 1 aliphatic carbocycles. The Morgan fingerprint density at radius 1 is 0.844 bits per heavy atom. The minimum absolute atomic E-state index is 0.804. The molecule has 0 unspecified atom stereocenters. The molecular weight excluding hydrogens is 457 g/mol. The number of aryl methyl sites for hydroxylation is 2. The van der Waals surface area contributed by atoms with Gasteiger partial charge in [-0.15, -0.1) is 0 Å². The minimum atomic E-state index is -10.7. The molecule has 0 radical (unpaired) electrons. The summed E-state index contributed by atoms with van der Waals surface area (Å²) in [6.07, 6.45) is 6.22. The van der Waals surface area contributed by atoms with E-state index in [9.17, 15) is 25.2 Å². The molecule has 1 aromatic carbocycles. The molecule has 0 N–H and O–H groups in total. The average molecular weight is 486 g/mol. The number of rotatable bonds is 4. The Morgan fingerprint density at radius 3 is 1.50 bits per heavy atom. The quantitative estimate of drug-likeness (QED) is 0.262. The maximum absolute atomic E-state index is 10.7. The molecule has 1 aliphatic rings. The molecule has 0 amide bonds. The van der Waals surface area contributed by atoms with Crippen molar-refractivity contribution in [2.75, 3.05) is 47.3 Å². The van der Waals surface area contributed by atoms with Crippen molar-refractivity contribution in [3.8, 4) is 0 Å². The van der Waals surface area contributed by atoms with Gasteiger partial charge in [0.1, 0.15) is 25.6 Å². The standard InChI is InChI=1S/C21H29N2O2.F6P/c1-14-9-16(22(3)4)10-15(2)18(14)13-19-20(24-7)11-17(23(5)6)12-21(19)25-8;1-7(2,3,4,5)6/h9-13H,1-8H3;/q+1;-1. The van der Waals surface area contributed by atoms with E-state index in [1.54, 1.807) is 14.2 Å². The first-order chi connectivity index (χ1) is 14.2. The number of nitrogens with zero attached hydrogens (tertiary/aromatic N) is 2. The van der Waals surface area contributed by atoms with Gasteiger partial charge in [-0.25, -0.2) is 4.58 Å². The Balaban J connectivity index is 0.000000633. The number of hydrogen-bond acceptors (Lipinski definition) is 3. The number of allylic oxidation sites excluding steroid dienone is 2. The summed E-state index contributed by atoms with van der Waals surface area (Å²) in [4.78, 5) is 2.12. The second kappa shape index (κ2) is 8.81. The maximum atomic E-state index is 9.87. The van der Waals surface area contributed by atoms with Crippen molar-refractivity contribution >= 4 is 25.3 Å². The van der Waals surface area contributed by atoms with Gasteiger partial charge in [0.05, 0.1) is 31.9 Å². The van der Waals surface area contributed by atoms with Gasteiger partial charge in [0.2, 0.25) is 5.71 Å². The summed E-state index contributed by atoms with van der Waals surface area (Å²) in [6, 6.07) is 4.40.